The van der Waals surface area contributed by atoms with E-state index in [1.165, 1.54) is 4.90 Å². The summed E-state index contributed by atoms with van der Waals surface area (Å²) in [6.45, 7) is 5.72. The maximum Gasteiger partial charge on any atom is 0.276 e. The van der Waals surface area contributed by atoms with Crippen LogP contribution in [-0.4, -0.2) is 26.4 Å². The molecule has 3 rings (SSSR count). The zero-order valence-corrected chi connectivity index (χ0v) is 12.4. The zero-order valence-electron chi connectivity index (χ0n) is 12.4. The highest BCUT2D eigenvalue weighted by atomic mass is 16.3. The Morgan fingerprint density at radius 3 is 2.38 bits per heavy atom. The molecule has 4 heteroatoms. The Balaban J connectivity index is 2.31. The molecule has 1 aromatic heterocycles. The lowest BCUT2D eigenvalue weighted by atomic mass is 9.92. The Morgan fingerprint density at radius 2 is 1.76 bits per heavy atom. The molecule has 1 amide bonds. The quantitative estimate of drug-likeness (QED) is 0.874. The van der Waals surface area contributed by atoms with Gasteiger partial charge in [-0.3, -0.25) is 14.7 Å². The van der Waals surface area contributed by atoms with Gasteiger partial charge in [0.2, 0.25) is 0 Å². The normalized spacial score (nSPS) is 21.5. The molecule has 2 heterocycles. The molecular weight excluding hydrogens is 264 g/mol. The molecule has 0 fully saturated rings. The van der Waals surface area contributed by atoms with Crippen LogP contribution in [0.2, 0.25) is 0 Å². The van der Waals surface area contributed by atoms with E-state index in [4.69, 9.17) is 0 Å². The van der Waals surface area contributed by atoms with Gasteiger partial charge in [0.1, 0.15) is 5.69 Å². The van der Waals surface area contributed by atoms with Gasteiger partial charge in [0.25, 0.3) is 5.91 Å². The van der Waals surface area contributed by atoms with Crippen LogP contribution >= 0.6 is 0 Å². The van der Waals surface area contributed by atoms with Crippen LogP contribution in [0.4, 0.5) is 0 Å². The first-order valence-corrected chi connectivity index (χ1v) is 6.95. The lowest BCUT2D eigenvalue weighted by Gasteiger charge is -2.43. The Morgan fingerprint density at radius 1 is 1.10 bits per heavy atom. The number of hydrogen-bond donors (Lipinski definition) is 1. The SMILES string of the molecule is CC(C)(C)N1C(=O)c2ncccc2[C@@]1(O)c1ccccc1. The highest BCUT2D eigenvalue weighted by Gasteiger charge is 2.54. The van der Waals surface area contributed by atoms with Gasteiger partial charge in [-0.05, 0) is 32.9 Å². The molecule has 108 valence electrons. The minimum Gasteiger partial charge on any atom is -0.363 e. The molecule has 1 aliphatic rings. The van der Waals surface area contributed by atoms with Crippen LogP contribution < -0.4 is 0 Å². The predicted molar refractivity (Wildman–Crippen MR) is 79.6 cm³/mol. The number of rotatable bonds is 1. The smallest absolute Gasteiger partial charge is 0.276 e. The molecule has 0 unspecified atom stereocenters. The van der Waals surface area contributed by atoms with Crippen molar-refractivity contribution in [3.05, 3.63) is 65.5 Å². The molecule has 0 bridgehead atoms. The van der Waals surface area contributed by atoms with Crippen molar-refractivity contribution in [2.45, 2.75) is 32.0 Å². The maximum atomic E-state index is 12.7. The summed E-state index contributed by atoms with van der Waals surface area (Å²) in [4.78, 5) is 18.4. The average Bonchev–Trinajstić information content (AvgIpc) is 2.70. The summed E-state index contributed by atoms with van der Waals surface area (Å²) >= 11 is 0. The molecule has 0 spiro atoms. The molecule has 1 aromatic carbocycles. The lowest BCUT2D eigenvalue weighted by molar-refractivity contribution is -0.0876. The van der Waals surface area contributed by atoms with Crippen molar-refractivity contribution >= 4 is 5.91 Å². The van der Waals surface area contributed by atoms with E-state index in [0.29, 0.717) is 16.8 Å². The Kier molecular flexibility index (Phi) is 2.88. The number of aromatic nitrogens is 1. The number of aliphatic hydroxyl groups is 1. The highest BCUT2D eigenvalue weighted by Crippen LogP contribution is 2.44. The topological polar surface area (TPSA) is 53.4 Å². The van der Waals surface area contributed by atoms with Crippen molar-refractivity contribution in [2.75, 3.05) is 0 Å². The third kappa shape index (κ3) is 1.87. The first-order valence-electron chi connectivity index (χ1n) is 6.95. The second-order valence-electron chi connectivity index (χ2n) is 6.25. The molecule has 21 heavy (non-hydrogen) atoms. The number of carbonyl (C=O) groups is 1. The number of carbonyl (C=O) groups excluding carboxylic acids is 1. The second-order valence-corrected chi connectivity index (χ2v) is 6.25. The average molecular weight is 282 g/mol. The fraction of sp³-hybridized carbons (Fsp3) is 0.294. The summed E-state index contributed by atoms with van der Waals surface area (Å²) in [6.07, 6.45) is 1.58. The van der Waals surface area contributed by atoms with Gasteiger partial charge in [-0.1, -0.05) is 30.3 Å². The van der Waals surface area contributed by atoms with E-state index < -0.39 is 11.3 Å². The minimum absolute atomic E-state index is 0.246. The molecule has 1 aliphatic heterocycles. The highest BCUT2D eigenvalue weighted by molar-refractivity contribution is 5.99. The molecule has 0 saturated heterocycles. The van der Waals surface area contributed by atoms with Crippen LogP contribution in [0.25, 0.3) is 0 Å². The molecule has 1 atom stereocenters. The van der Waals surface area contributed by atoms with E-state index in [1.807, 2.05) is 51.1 Å². The van der Waals surface area contributed by atoms with Crippen molar-refractivity contribution in [2.24, 2.45) is 0 Å². The van der Waals surface area contributed by atoms with Crippen molar-refractivity contribution in [1.82, 2.24) is 9.88 Å². The first kappa shape index (κ1) is 13.8. The summed E-state index contributed by atoms with van der Waals surface area (Å²) in [6, 6.07) is 12.8. The van der Waals surface area contributed by atoms with E-state index in [0.717, 1.165) is 0 Å². The van der Waals surface area contributed by atoms with Crippen LogP contribution in [0.3, 0.4) is 0 Å². The van der Waals surface area contributed by atoms with Crippen LogP contribution in [0.15, 0.2) is 48.7 Å². The standard InChI is InChI=1S/C17H18N2O2/c1-16(2,3)19-15(20)14-13(10-7-11-18-14)17(19,21)12-8-5-4-6-9-12/h4-11,21H,1-3H3/t17-/m0/s1. The van der Waals surface area contributed by atoms with E-state index in [2.05, 4.69) is 4.98 Å². The van der Waals surface area contributed by atoms with Crippen molar-refractivity contribution in [3.8, 4) is 0 Å². The maximum absolute atomic E-state index is 12.7. The predicted octanol–water partition coefficient (Wildman–Crippen LogP) is 2.53. The van der Waals surface area contributed by atoms with E-state index >= 15 is 0 Å². The lowest BCUT2D eigenvalue weighted by Crippen LogP contribution is -2.54. The largest absolute Gasteiger partial charge is 0.363 e. The third-order valence-electron chi connectivity index (χ3n) is 3.76. The second kappa shape index (κ2) is 4.40. The van der Waals surface area contributed by atoms with Crippen LogP contribution in [0.1, 0.15) is 42.4 Å². The molecule has 1 N–H and O–H groups in total. The Labute approximate surface area is 124 Å². The first-order chi connectivity index (χ1) is 9.87. The van der Waals surface area contributed by atoms with E-state index in [1.54, 1.807) is 18.3 Å². The summed E-state index contributed by atoms with van der Waals surface area (Å²) < 4.78 is 0. The number of fused-ring (bicyclic) bond motifs is 1. The Hall–Kier alpha value is -2.20. The number of nitrogens with zero attached hydrogens (tertiary/aromatic N) is 2. The van der Waals surface area contributed by atoms with E-state index in [-0.39, 0.29) is 5.91 Å². The van der Waals surface area contributed by atoms with Gasteiger partial charge in [-0.2, -0.15) is 0 Å². The molecule has 2 aromatic rings. The molecule has 4 nitrogen and oxygen atoms in total. The fourth-order valence-electron chi connectivity index (χ4n) is 2.98. The van der Waals surface area contributed by atoms with Gasteiger partial charge in [-0.25, -0.2) is 0 Å². The van der Waals surface area contributed by atoms with Gasteiger partial charge in [-0.15, -0.1) is 0 Å². The van der Waals surface area contributed by atoms with Gasteiger partial charge in [0.15, 0.2) is 5.72 Å². The summed E-state index contributed by atoms with van der Waals surface area (Å²) in [7, 11) is 0. The van der Waals surface area contributed by atoms with Crippen molar-refractivity contribution in [1.29, 1.82) is 0 Å². The van der Waals surface area contributed by atoms with Gasteiger partial charge in [0.05, 0.1) is 0 Å². The molecule has 0 radical (unpaired) electrons. The zero-order chi connectivity index (χ0) is 15.3. The van der Waals surface area contributed by atoms with Gasteiger partial charge < -0.3 is 5.11 Å². The summed E-state index contributed by atoms with van der Waals surface area (Å²) in [5.41, 5.74) is -0.502. The summed E-state index contributed by atoms with van der Waals surface area (Å²) in [5.74, 6) is -0.246. The monoisotopic (exact) mass is 282 g/mol. The number of amides is 1. The number of hydrogen-bond acceptors (Lipinski definition) is 3. The number of pyridine rings is 1. The van der Waals surface area contributed by atoms with E-state index in [9.17, 15) is 9.90 Å². The molecular formula is C17H18N2O2. The van der Waals surface area contributed by atoms with Crippen molar-refractivity contribution < 1.29 is 9.90 Å². The minimum atomic E-state index is -1.49. The van der Waals surface area contributed by atoms with Crippen molar-refractivity contribution in [3.63, 3.8) is 0 Å². The number of benzene rings is 1. The summed E-state index contributed by atoms with van der Waals surface area (Å²) in [5, 5.41) is 11.4. The van der Waals surface area contributed by atoms with Gasteiger partial charge in [0, 0.05) is 22.9 Å². The Bertz CT molecular complexity index is 691. The van der Waals surface area contributed by atoms with Crippen LogP contribution in [0, 0.1) is 0 Å². The fourth-order valence-corrected chi connectivity index (χ4v) is 2.98. The molecule has 0 aliphatic carbocycles. The van der Waals surface area contributed by atoms with Crippen LogP contribution in [0.5, 0.6) is 0 Å². The molecule has 0 saturated carbocycles. The van der Waals surface area contributed by atoms with Gasteiger partial charge >= 0.3 is 0 Å². The third-order valence-corrected chi connectivity index (χ3v) is 3.76. The van der Waals surface area contributed by atoms with Crippen LogP contribution in [-0.2, 0) is 5.72 Å².